The van der Waals surface area contributed by atoms with Gasteiger partial charge in [-0.3, -0.25) is 0 Å². The molecule has 0 radical (unpaired) electrons. The molecule has 2 aromatic rings. The summed E-state index contributed by atoms with van der Waals surface area (Å²) in [6.07, 6.45) is 0. The maximum atomic E-state index is 13.2. The van der Waals surface area contributed by atoms with Crippen molar-refractivity contribution in [3.63, 3.8) is 0 Å². The highest BCUT2D eigenvalue weighted by Gasteiger charge is 2.04. The van der Waals surface area contributed by atoms with Crippen molar-refractivity contribution in [2.75, 3.05) is 0 Å². The van der Waals surface area contributed by atoms with Gasteiger partial charge in [0, 0.05) is 22.2 Å². The van der Waals surface area contributed by atoms with E-state index in [0.717, 1.165) is 16.0 Å². The average Bonchev–Trinajstić information content (AvgIpc) is 2.37. The highest BCUT2D eigenvalue weighted by molar-refractivity contribution is 7.98. The maximum Gasteiger partial charge on any atom is 0.123 e. The molecule has 2 aromatic carbocycles. The summed E-state index contributed by atoms with van der Waals surface area (Å²) in [4.78, 5) is 1.06. The Balaban J connectivity index is 2.12. The molecule has 2 N–H and O–H groups in total. The molecule has 0 spiro atoms. The van der Waals surface area contributed by atoms with Gasteiger partial charge in [0.15, 0.2) is 0 Å². The Hall–Kier alpha value is -1.03. The monoisotopic (exact) mass is 281 g/mol. The number of halogens is 2. The van der Waals surface area contributed by atoms with E-state index in [1.807, 2.05) is 24.3 Å². The Morgan fingerprint density at radius 3 is 2.67 bits per heavy atom. The zero-order chi connectivity index (χ0) is 13.0. The molecule has 0 aliphatic rings. The van der Waals surface area contributed by atoms with E-state index in [-0.39, 0.29) is 5.82 Å². The Labute approximate surface area is 115 Å². The summed E-state index contributed by atoms with van der Waals surface area (Å²) in [6.45, 7) is 0.422. The van der Waals surface area contributed by atoms with Crippen LogP contribution in [0.1, 0.15) is 11.1 Å². The van der Waals surface area contributed by atoms with Crippen molar-refractivity contribution in [3.05, 3.63) is 64.4 Å². The minimum Gasteiger partial charge on any atom is -0.326 e. The third kappa shape index (κ3) is 3.48. The van der Waals surface area contributed by atoms with Crippen LogP contribution in [0.3, 0.4) is 0 Å². The lowest BCUT2D eigenvalue weighted by atomic mass is 10.1. The molecule has 2 rings (SSSR count). The third-order valence-corrected chi connectivity index (χ3v) is 3.86. The number of rotatable bonds is 4. The first kappa shape index (κ1) is 13.4. The van der Waals surface area contributed by atoms with Gasteiger partial charge in [0.05, 0.1) is 0 Å². The lowest BCUT2D eigenvalue weighted by Crippen LogP contribution is -2.01. The van der Waals surface area contributed by atoms with Crippen LogP contribution in [0, 0.1) is 5.82 Å². The smallest absolute Gasteiger partial charge is 0.123 e. The summed E-state index contributed by atoms with van der Waals surface area (Å²) in [6, 6.07) is 12.3. The first-order valence-electron chi connectivity index (χ1n) is 5.55. The maximum absolute atomic E-state index is 13.2. The van der Waals surface area contributed by atoms with Gasteiger partial charge in [0.25, 0.3) is 0 Å². The number of benzene rings is 2. The average molecular weight is 282 g/mol. The molecule has 0 amide bonds. The van der Waals surface area contributed by atoms with Crippen molar-refractivity contribution in [1.29, 1.82) is 0 Å². The molecular weight excluding hydrogens is 269 g/mol. The minimum atomic E-state index is -0.228. The van der Waals surface area contributed by atoms with Gasteiger partial charge in [-0.25, -0.2) is 4.39 Å². The summed E-state index contributed by atoms with van der Waals surface area (Å²) < 4.78 is 13.2. The summed E-state index contributed by atoms with van der Waals surface area (Å²) in [5, 5.41) is 0.707. The molecule has 0 saturated heterocycles. The van der Waals surface area contributed by atoms with Crippen LogP contribution in [0.2, 0.25) is 5.02 Å². The highest BCUT2D eigenvalue weighted by atomic mass is 35.5. The molecule has 0 bridgehead atoms. The van der Waals surface area contributed by atoms with E-state index >= 15 is 0 Å². The highest BCUT2D eigenvalue weighted by Crippen LogP contribution is 2.26. The van der Waals surface area contributed by atoms with Crippen molar-refractivity contribution in [1.82, 2.24) is 0 Å². The normalized spacial score (nSPS) is 10.6. The molecule has 4 heteroatoms. The number of thioether (sulfide) groups is 1. The van der Waals surface area contributed by atoms with Gasteiger partial charge in [-0.1, -0.05) is 23.7 Å². The van der Waals surface area contributed by atoms with Crippen molar-refractivity contribution >= 4 is 23.4 Å². The third-order valence-electron chi connectivity index (χ3n) is 2.58. The predicted molar refractivity (Wildman–Crippen MR) is 75.3 cm³/mol. The van der Waals surface area contributed by atoms with Gasteiger partial charge in [0.1, 0.15) is 5.82 Å². The van der Waals surface area contributed by atoms with Crippen LogP contribution >= 0.6 is 23.4 Å². The Morgan fingerprint density at radius 1 is 1.11 bits per heavy atom. The Kier molecular flexibility index (Phi) is 4.64. The zero-order valence-electron chi connectivity index (χ0n) is 9.70. The molecule has 94 valence electrons. The molecule has 0 aromatic heterocycles. The minimum absolute atomic E-state index is 0.228. The van der Waals surface area contributed by atoms with Crippen LogP contribution in [0.25, 0.3) is 0 Å². The zero-order valence-corrected chi connectivity index (χ0v) is 11.3. The van der Waals surface area contributed by atoms with Gasteiger partial charge in [0.2, 0.25) is 0 Å². The van der Waals surface area contributed by atoms with Gasteiger partial charge in [-0.15, -0.1) is 11.8 Å². The summed E-state index contributed by atoms with van der Waals surface area (Å²) in [7, 11) is 0. The number of nitrogens with two attached hydrogens (primary N) is 1. The molecule has 0 heterocycles. The SMILES string of the molecule is NCc1ccc(F)cc1CSc1cccc(Cl)c1. The van der Waals surface area contributed by atoms with Crippen LogP contribution in [0.15, 0.2) is 47.4 Å². The molecule has 0 aliphatic carbocycles. The van der Waals surface area contributed by atoms with Gasteiger partial charge in [-0.2, -0.15) is 0 Å². The second kappa shape index (κ2) is 6.23. The van der Waals surface area contributed by atoms with E-state index in [2.05, 4.69) is 0 Å². The van der Waals surface area contributed by atoms with Crippen LogP contribution in [0.4, 0.5) is 4.39 Å². The first-order chi connectivity index (χ1) is 8.69. The van der Waals surface area contributed by atoms with Gasteiger partial charge in [-0.05, 0) is 41.5 Å². The predicted octanol–water partition coefficient (Wildman–Crippen LogP) is 4.23. The first-order valence-corrected chi connectivity index (χ1v) is 6.91. The fourth-order valence-corrected chi connectivity index (χ4v) is 2.88. The fraction of sp³-hybridized carbons (Fsp3) is 0.143. The van der Waals surface area contributed by atoms with E-state index in [1.54, 1.807) is 23.9 Å². The quantitative estimate of drug-likeness (QED) is 0.849. The van der Waals surface area contributed by atoms with E-state index in [1.165, 1.54) is 6.07 Å². The lowest BCUT2D eigenvalue weighted by molar-refractivity contribution is 0.625. The van der Waals surface area contributed by atoms with E-state index < -0.39 is 0 Å². The van der Waals surface area contributed by atoms with E-state index in [9.17, 15) is 4.39 Å². The summed E-state index contributed by atoms with van der Waals surface area (Å²) in [5.74, 6) is 0.457. The summed E-state index contributed by atoms with van der Waals surface area (Å²) >= 11 is 7.54. The largest absolute Gasteiger partial charge is 0.326 e. The number of hydrogen-bond donors (Lipinski definition) is 1. The lowest BCUT2D eigenvalue weighted by Gasteiger charge is -2.08. The van der Waals surface area contributed by atoms with Crippen LogP contribution < -0.4 is 5.73 Å². The molecule has 0 fully saturated rings. The number of hydrogen-bond acceptors (Lipinski definition) is 2. The topological polar surface area (TPSA) is 26.0 Å². The standard InChI is InChI=1S/C14H13ClFNS/c15-12-2-1-3-14(7-12)18-9-11-6-13(16)5-4-10(11)8-17/h1-7H,8-9,17H2. The molecular formula is C14H13ClFNS. The van der Waals surface area contributed by atoms with Gasteiger partial charge < -0.3 is 5.73 Å². The van der Waals surface area contributed by atoms with Crippen molar-refractivity contribution in [3.8, 4) is 0 Å². The molecule has 0 atom stereocenters. The molecule has 1 nitrogen and oxygen atoms in total. The second-order valence-electron chi connectivity index (χ2n) is 3.86. The van der Waals surface area contributed by atoms with Crippen molar-refractivity contribution in [2.45, 2.75) is 17.2 Å². The van der Waals surface area contributed by atoms with Crippen LogP contribution in [-0.4, -0.2) is 0 Å². The Bertz CT molecular complexity index is 545. The molecule has 0 saturated carbocycles. The van der Waals surface area contributed by atoms with Crippen LogP contribution in [0.5, 0.6) is 0 Å². The van der Waals surface area contributed by atoms with Gasteiger partial charge >= 0.3 is 0 Å². The molecule has 0 aliphatic heterocycles. The van der Waals surface area contributed by atoms with Crippen molar-refractivity contribution < 1.29 is 4.39 Å². The van der Waals surface area contributed by atoms with Crippen molar-refractivity contribution in [2.24, 2.45) is 5.73 Å². The molecule has 0 unspecified atom stereocenters. The molecule has 18 heavy (non-hydrogen) atoms. The van der Waals surface area contributed by atoms with E-state index in [4.69, 9.17) is 17.3 Å². The second-order valence-corrected chi connectivity index (χ2v) is 5.35. The Morgan fingerprint density at radius 2 is 1.94 bits per heavy atom. The summed E-state index contributed by atoms with van der Waals surface area (Å²) in [5.41, 5.74) is 7.55. The van der Waals surface area contributed by atoms with E-state index in [0.29, 0.717) is 17.3 Å². The fourth-order valence-electron chi connectivity index (χ4n) is 1.65. The van der Waals surface area contributed by atoms with Crippen LogP contribution in [-0.2, 0) is 12.3 Å².